The van der Waals surface area contributed by atoms with Gasteiger partial charge < -0.3 is 4.57 Å². The van der Waals surface area contributed by atoms with Crippen molar-refractivity contribution in [2.75, 3.05) is 0 Å². The Balaban J connectivity index is 1.66. The number of imidazole rings is 1. The van der Waals surface area contributed by atoms with Crippen molar-refractivity contribution in [3.8, 4) is 11.4 Å². The van der Waals surface area contributed by atoms with E-state index in [1.807, 2.05) is 0 Å². The number of benzene rings is 2. The topological polar surface area (TPSA) is 17.8 Å². The molecule has 26 heavy (non-hydrogen) atoms. The van der Waals surface area contributed by atoms with Crippen LogP contribution in [0.2, 0.25) is 0 Å². The van der Waals surface area contributed by atoms with Gasteiger partial charge in [0.1, 0.15) is 5.82 Å². The molecular weight excluding hydrogens is 316 g/mol. The summed E-state index contributed by atoms with van der Waals surface area (Å²) >= 11 is 0. The monoisotopic (exact) mass is 346 g/mol. The van der Waals surface area contributed by atoms with E-state index in [1.165, 1.54) is 42.5 Å². The second-order valence-electron chi connectivity index (χ2n) is 7.02. The number of hydrogen-bond donors (Lipinski definition) is 0. The van der Waals surface area contributed by atoms with Crippen molar-refractivity contribution in [1.82, 2.24) is 9.55 Å². The highest BCUT2D eigenvalue weighted by Crippen LogP contribution is 2.21. The standard InChI is InChI=1S/C24H30N2/c1-2-3-4-11-19-26-20-23(18-12-15-21-13-7-5-8-14-21)25-24(26)22-16-9-6-10-17-22/h5-10,13-14,16-17,20H,2-4,11-12,15,18-19H2,1H3. The van der Waals surface area contributed by atoms with E-state index in [1.54, 1.807) is 0 Å². The van der Waals surface area contributed by atoms with Gasteiger partial charge in [0.15, 0.2) is 0 Å². The lowest BCUT2D eigenvalue weighted by molar-refractivity contribution is 0.585. The molecule has 1 heterocycles. The Kier molecular flexibility index (Phi) is 7.06. The Morgan fingerprint density at radius 1 is 0.769 bits per heavy atom. The van der Waals surface area contributed by atoms with E-state index < -0.39 is 0 Å². The molecule has 0 amide bonds. The van der Waals surface area contributed by atoms with Gasteiger partial charge in [-0.3, -0.25) is 0 Å². The molecule has 0 fully saturated rings. The molecule has 0 atom stereocenters. The molecule has 3 rings (SSSR count). The third kappa shape index (κ3) is 5.32. The fraction of sp³-hybridized carbons (Fsp3) is 0.375. The molecule has 0 aliphatic carbocycles. The summed E-state index contributed by atoms with van der Waals surface area (Å²) in [4.78, 5) is 4.97. The summed E-state index contributed by atoms with van der Waals surface area (Å²) < 4.78 is 2.36. The van der Waals surface area contributed by atoms with Crippen molar-refractivity contribution in [1.29, 1.82) is 0 Å². The lowest BCUT2D eigenvalue weighted by Crippen LogP contribution is -1.99. The summed E-state index contributed by atoms with van der Waals surface area (Å²) in [6.45, 7) is 3.33. The predicted octanol–water partition coefficient (Wildman–Crippen LogP) is 6.31. The van der Waals surface area contributed by atoms with Gasteiger partial charge in [-0.1, -0.05) is 86.8 Å². The highest BCUT2D eigenvalue weighted by molar-refractivity contribution is 5.55. The molecule has 0 bridgehead atoms. The highest BCUT2D eigenvalue weighted by Gasteiger charge is 2.10. The average molecular weight is 347 g/mol. The van der Waals surface area contributed by atoms with E-state index in [9.17, 15) is 0 Å². The Labute approximate surface area is 157 Å². The van der Waals surface area contributed by atoms with E-state index in [2.05, 4.69) is 78.4 Å². The number of nitrogens with zero attached hydrogens (tertiary/aromatic N) is 2. The number of aromatic nitrogens is 2. The summed E-state index contributed by atoms with van der Waals surface area (Å²) in [5.41, 5.74) is 3.85. The van der Waals surface area contributed by atoms with Crippen molar-refractivity contribution in [3.05, 3.63) is 78.1 Å². The quantitative estimate of drug-likeness (QED) is 0.394. The molecule has 0 unspecified atom stereocenters. The van der Waals surface area contributed by atoms with Gasteiger partial charge in [-0.15, -0.1) is 0 Å². The van der Waals surface area contributed by atoms with E-state index in [0.717, 1.165) is 31.6 Å². The summed E-state index contributed by atoms with van der Waals surface area (Å²) in [5.74, 6) is 1.12. The molecule has 0 aliphatic heterocycles. The van der Waals surface area contributed by atoms with Gasteiger partial charge in [0.25, 0.3) is 0 Å². The van der Waals surface area contributed by atoms with Gasteiger partial charge in [-0.25, -0.2) is 4.98 Å². The van der Waals surface area contributed by atoms with Crippen LogP contribution in [0.15, 0.2) is 66.9 Å². The summed E-state index contributed by atoms with van der Waals surface area (Å²) in [6.07, 6.45) is 10.7. The smallest absolute Gasteiger partial charge is 0.140 e. The van der Waals surface area contributed by atoms with Crippen molar-refractivity contribution in [2.45, 2.75) is 58.4 Å². The minimum absolute atomic E-state index is 1.04. The first-order valence-corrected chi connectivity index (χ1v) is 10.0. The molecule has 3 aromatic rings. The van der Waals surface area contributed by atoms with Crippen LogP contribution in [-0.4, -0.2) is 9.55 Å². The molecule has 0 spiro atoms. The SMILES string of the molecule is CCCCCCn1cc(CCCc2ccccc2)nc1-c1ccccc1. The average Bonchev–Trinajstić information content (AvgIpc) is 3.10. The number of hydrogen-bond acceptors (Lipinski definition) is 1. The third-order valence-electron chi connectivity index (χ3n) is 4.85. The molecule has 2 nitrogen and oxygen atoms in total. The van der Waals surface area contributed by atoms with Gasteiger partial charge in [0.05, 0.1) is 5.69 Å². The molecule has 1 aromatic heterocycles. The van der Waals surface area contributed by atoms with E-state index in [0.29, 0.717) is 0 Å². The van der Waals surface area contributed by atoms with Crippen LogP contribution in [0.1, 0.15) is 50.3 Å². The van der Waals surface area contributed by atoms with Crippen LogP contribution < -0.4 is 0 Å². The zero-order valence-electron chi connectivity index (χ0n) is 15.9. The van der Waals surface area contributed by atoms with Crippen LogP contribution in [0, 0.1) is 0 Å². The molecule has 0 saturated carbocycles. The summed E-state index contributed by atoms with van der Waals surface area (Å²) in [6, 6.07) is 21.3. The first-order valence-electron chi connectivity index (χ1n) is 10.0. The van der Waals surface area contributed by atoms with Crippen molar-refractivity contribution in [3.63, 3.8) is 0 Å². The number of rotatable bonds is 10. The Bertz CT molecular complexity index is 759. The highest BCUT2D eigenvalue weighted by atomic mass is 15.1. The molecular formula is C24H30N2. The van der Waals surface area contributed by atoms with Gasteiger partial charge in [-0.05, 0) is 31.2 Å². The minimum Gasteiger partial charge on any atom is -0.331 e. The van der Waals surface area contributed by atoms with Crippen LogP contribution in [0.5, 0.6) is 0 Å². The summed E-state index contributed by atoms with van der Waals surface area (Å²) in [7, 11) is 0. The normalized spacial score (nSPS) is 11.0. The molecule has 0 aliphatic rings. The fourth-order valence-electron chi connectivity index (χ4n) is 3.41. The largest absolute Gasteiger partial charge is 0.331 e. The van der Waals surface area contributed by atoms with Crippen LogP contribution in [-0.2, 0) is 19.4 Å². The first kappa shape index (κ1) is 18.4. The second-order valence-corrected chi connectivity index (χ2v) is 7.02. The Morgan fingerprint density at radius 2 is 1.50 bits per heavy atom. The van der Waals surface area contributed by atoms with Crippen LogP contribution in [0.25, 0.3) is 11.4 Å². The second kappa shape index (κ2) is 9.96. The predicted molar refractivity (Wildman–Crippen MR) is 110 cm³/mol. The maximum Gasteiger partial charge on any atom is 0.140 e. The molecule has 136 valence electrons. The van der Waals surface area contributed by atoms with E-state index in [-0.39, 0.29) is 0 Å². The molecule has 0 N–H and O–H groups in total. The van der Waals surface area contributed by atoms with Gasteiger partial charge in [0, 0.05) is 18.3 Å². The summed E-state index contributed by atoms with van der Waals surface area (Å²) in [5, 5.41) is 0. The number of aryl methyl sites for hydroxylation is 3. The fourth-order valence-corrected chi connectivity index (χ4v) is 3.41. The van der Waals surface area contributed by atoms with E-state index >= 15 is 0 Å². The number of unbranched alkanes of at least 4 members (excludes halogenated alkanes) is 3. The Morgan fingerprint density at radius 3 is 2.23 bits per heavy atom. The lowest BCUT2D eigenvalue weighted by atomic mass is 10.1. The third-order valence-corrected chi connectivity index (χ3v) is 4.85. The van der Waals surface area contributed by atoms with Gasteiger partial charge >= 0.3 is 0 Å². The zero-order valence-corrected chi connectivity index (χ0v) is 15.9. The minimum atomic E-state index is 1.04. The van der Waals surface area contributed by atoms with Gasteiger partial charge in [0.2, 0.25) is 0 Å². The lowest BCUT2D eigenvalue weighted by Gasteiger charge is -2.07. The van der Waals surface area contributed by atoms with Crippen LogP contribution >= 0.6 is 0 Å². The molecule has 0 radical (unpaired) electrons. The first-order chi connectivity index (χ1) is 12.9. The maximum atomic E-state index is 4.97. The van der Waals surface area contributed by atoms with Crippen molar-refractivity contribution >= 4 is 0 Å². The molecule has 2 aromatic carbocycles. The zero-order chi connectivity index (χ0) is 18.0. The van der Waals surface area contributed by atoms with Crippen molar-refractivity contribution in [2.24, 2.45) is 0 Å². The van der Waals surface area contributed by atoms with E-state index in [4.69, 9.17) is 4.98 Å². The molecule has 0 saturated heterocycles. The molecule has 2 heteroatoms. The van der Waals surface area contributed by atoms with Gasteiger partial charge in [-0.2, -0.15) is 0 Å². The van der Waals surface area contributed by atoms with Crippen molar-refractivity contribution < 1.29 is 0 Å². The maximum absolute atomic E-state index is 4.97. The van der Waals surface area contributed by atoms with Crippen LogP contribution in [0.4, 0.5) is 0 Å². The Hall–Kier alpha value is -2.35. The van der Waals surface area contributed by atoms with Crippen LogP contribution in [0.3, 0.4) is 0 Å².